The number of rotatable bonds is 7. The van der Waals surface area contributed by atoms with Crippen molar-refractivity contribution in [1.82, 2.24) is 20.6 Å². The van der Waals surface area contributed by atoms with Crippen LogP contribution in [0.25, 0.3) is 0 Å². The standard InChI is InChI=1S/C20H30N6S.HI/c1-3-17-15-24-19(27-17)8-12-23-20(21-4-2)25-16-9-13-26(14-10-16)18-7-5-6-11-22-18;/h5-7,11,15-16H,3-4,8-10,12-14H2,1-2H3,(H2,21,23,25);1H. The van der Waals surface area contributed by atoms with Crippen LogP contribution in [0.1, 0.15) is 36.6 Å². The number of aromatic nitrogens is 2. The van der Waals surface area contributed by atoms with Gasteiger partial charge in [-0.2, -0.15) is 0 Å². The van der Waals surface area contributed by atoms with Crippen molar-refractivity contribution in [3.05, 3.63) is 40.5 Å². The quantitative estimate of drug-likeness (QED) is 0.337. The van der Waals surface area contributed by atoms with Gasteiger partial charge in [0.15, 0.2) is 5.96 Å². The lowest BCUT2D eigenvalue weighted by Crippen LogP contribution is -2.49. The predicted octanol–water partition coefficient (Wildman–Crippen LogP) is 3.49. The molecule has 154 valence electrons. The first-order chi connectivity index (χ1) is 13.3. The number of hydrogen-bond donors (Lipinski definition) is 2. The fourth-order valence-electron chi connectivity index (χ4n) is 3.20. The second-order valence-corrected chi connectivity index (χ2v) is 7.88. The summed E-state index contributed by atoms with van der Waals surface area (Å²) in [7, 11) is 0. The van der Waals surface area contributed by atoms with Gasteiger partial charge in [0.2, 0.25) is 0 Å². The largest absolute Gasteiger partial charge is 0.357 e. The maximum absolute atomic E-state index is 4.75. The van der Waals surface area contributed by atoms with Crippen molar-refractivity contribution in [2.24, 2.45) is 4.99 Å². The van der Waals surface area contributed by atoms with Crippen molar-refractivity contribution in [2.75, 3.05) is 31.1 Å². The third kappa shape index (κ3) is 6.88. The number of thiazole rings is 1. The number of piperidine rings is 1. The van der Waals surface area contributed by atoms with Gasteiger partial charge in [0, 0.05) is 55.9 Å². The Hall–Kier alpha value is -1.42. The lowest BCUT2D eigenvalue weighted by Gasteiger charge is -2.33. The molecule has 2 aromatic rings. The van der Waals surface area contributed by atoms with Crippen molar-refractivity contribution in [3.8, 4) is 0 Å². The van der Waals surface area contributed by atoms with Crippen LogP contribution >= 0.6 is 35.3 Å². The highest BCUT2D eigenvalue weighted by Gasteiger charge is 2.20. The molecule has 6 nitrogen and oxygen atoms in total. The molecule has 1 saturated heterocycles. The third-order valence-electron chi connectivity index (χ3n) is 4.70. The molecule has 2 N–H and O–H groups in total. The molecular formula is C20H31IN6S. The Morgan fingerprint density at radius 1 is 1.25 bits per heavy atom. The molecule has 0 radical (unpaired) electrons. The number of pyridine rings is 1. The molecule has 0 bridgehead atoms. The highest BCUT2D eigenvalue weighted by atomic mass is 127. The van der Waals surface area contributed by atoms with E-state index in [-0.39, 0.29) is 24.0 Å². The van der Waals surface area contributed by atoms with Gasteiger partial charge in [-0.05, 0) is 38.3 Å². The number of aryl methyl sites for hydroxylation is 1. The number of hydrogen-bond acceptors (Lipinski definition) is 5. The molecule has 8 heteroatoms. The van der Waals surface area contributed by atoms with Gasteiger partial charge < -0.3 is 15.5 Å². The average molecular weight is 514 g/mol. The van der Waals surface area contributed by atoms with E-state index in [1.807, 2.05) is 18.5 Å². The minimum absolute atomic E-state index is 0. The molecule has 3 rings (SSSR count). The van der Waals surface area contributed by atoms with Crippen LogP contribution in [0.5, 0.6) is 0 Å². The predicted molar refractivity (Wildman–Crippen MR) is 129 cm³/mol. The molecule has 0 aliphatic carbocycles. The first-order valence-electron chi connectivity index (χ1n) is 9.93. The number of nitrogens with zero attached hydrogens (tertiary/aromatic N) is 4. The van der Waals surface area contributed by atoms with Gasteiger partial charge in [-0.25, -0.2) is 9.97 Å². The van der Waals surface area contributed by atoms with Crippen LogP contribution in [0.2, 0.25) is 0 Å². The van der Waals surface area contributed by atoms with Gasteiger partial charge >= 0.3 is 0 Å². The maximum atomic E-state index is 4.75. The number of halogens is 1. The SMILES string of the molecule is CCNC(=NCCc1ncc(CC)s1)NC1CCN(c2ccccn2)CC1.I. The second kappa shape index (κ2) is 12.2. The van der Waals surface area contributed by atoms with Gasteiger partial charge in [-0.1, -0.05) is 13.0 Å². The molecule has 3 heterocycles. The van der Waals surface area contributed by atoms with Crippen LogP contribution in [0.3, 0.4) is 0 Å². The van der Waals surface area contributed by atoms with Crippen molar-refractivity contribution < 1.29 is 0 Å². The average Bonchev–Trinajstić information content (AvgIpc) is 3.17. The van der Waals surface area contributed by atoms with Crippen molar-refractivity contribution in [3.63, 3.8) is 0 Å². The van der Waals surface area contributed by atoms with E-state index in [1.165, 1.54) is 9.88 Å². The molecule has 0 atom stereocenters. The maximum Gasteiger partial charge on any atom is 0.191 e. The van der Waals surface area contributed by atoms with Crippen LogP contribution in [0.4, 0.5) is 5.82 Å². The minimum atomic E-state index is 0. The Morgan fingerprint density at radius 3 is 2.71 bits per heavy atom. The van der Waals surface area contributed by atoms with Gasteiger partial charge in [0.05, 0.1) is 5.01 Å². The summed E-state index contributed by atoms with van der Waals surface area (Å²) in [5.74, 6) is 1.99. The van der Waals surface area contributed by atoms with Crippen LogP contribution in [0.15, 0.2) is 35.6 Å². The normalized spacial score (nSPS) is 15.2. The summed E-state index contributed by atoms with van der Waals surface area (Å²) in [5.41, 5.74) is 0. The summed E-state index contributed by atoms with van der Waals surface area (Å²) in [4.78, 5) is 17.4. The van der Waals surface area contributed by atoms with Gasteiger partial charge in [0.1, 0.15) is 5.82 Å². The highest BCUT2D eigenvalue weighted by Crippen LogP contribution is 2.17. The molecule has 1 aliphatic heterocycles. The zero-order chi connectivity index (χ0) is 18.9. The first-order valence-corrected chi connectivity index (χ1v) is 10.7. The van der Waals surface area contributed by atoms with E-state index in [0.29, 0.717) is 6.04 Å². The van der Waals surface area contributed by atoms with E-state index in [9.17, 15) is 0 Å². The Labute approximate surface area is 189 Å². The van der Waals surface area contributed by atoms with Crippen molar-refractivity contribution in [2.45, 2.75) is 45.6 Å². The summed E-state index contributed by atoms with van der Waals surface area (Å²) >= 11 is 1.80. The summed E-state index contributed by atoms with van der Waals surface area (Å²) in [6.07, 6.45) is 7.99. The monoisotopic (exact) mass is 514 g/mol. The lowest BCUT2D eigenvalue weighted by atomic mass is 10.1. The first kappa shape index (κ1) is 22.9. The molecular weight excluding hydrogens is 483 g/mol. The number of anilines is 1. The molecule has 0 amide bonds. The summed E-state index contributed by atoms with van der Waals surface area (Å²) in [6, 6.07) is 6.55. The number of guanidine groups is 1. The fraction of sp³-hybridized carbons (Fsp3) is 0.550. The number of aliphatic imine (C=N–C) groups is 1. The molecule has 0 unspecified atom stereocenters. The third-order valence-corrected chi connectivity index (χ3v) is 5.90. The van der Waals surface area contributed by atoms with E-state index >= 15 is 0 Å². The Balaban J connectivity index is 0.00000280. The van der Waals surface area contributed by atoms with E-state index in [1.54, 1.807) is 11.3 Å². The molecule has 1 aliphatic rings. The lowest BCUT2D eigenvalue weighted by molar-refractivity contribution is 0.459. The van der Waals surface area contributed by atoms with Crippen LogP contribution in [-0.4, -0.2) is 48.1 Å². The van der Waals surface area contributed by atoms with Crippen molar-refractivity contribution in [1.29, 1.82) is 0 Å². The Morgan fingerprint density at radius 2 is 2.07 bits per heavy atom. The fourth-order valence-corrected chi connectivity index (χ4v) is 4.05. The van der Waals surface area contributed by atoms with E-state index < -0.39 is 0 Å². The molecule has 0 spiro atoms. The van der Waals surface area contributed by atoms with E-state index in [4.69, 9.17) is 4.99 Å². The van der Waals surface area contributed by atoms with Gasteiger partial charge in [-0.15, -0.1) is 35.3 Å². The van der Waals surface area contributed by atoms with Crippen LogP contribution < -0.4 is 15.5 Å². The van der Waals surface area contributed by atoms with E-state index in [0.717, 1.165) is 63.6 Å². The Bertz CT molecular complexity index is 712. The van der Waals surface area contributed by atoms with E-state index in [2.05, 4.69) is 51.5 Å². The Kier molecular flexibility index (Phi) is 9.97. The summed E-state index contributed by atoms with van der Waals surface area (Å²) < 4.78 is 0. The summed E-state index contributed by atoms with van der Waals surface area (Å²) in [5, 5.41) is 8.15. The van der Waals surface area contributed by atoms with Crippen LogP contribution in [0, 0.1) is 0 Å². The van der Waals surface area contributed by atoms with Gasteiger partial charge in [0.25, 0.3) is 0 Å². The summed E-state index contributed by atoms with van der Waals surface area (Å²) in [6.45, 7) is 7.95. The molecule has 0 saturated carbocycles. The van der Waals surface area contributed by atoms with Crippen molar-refractivity contribution >= 4 is 47.1 Å². The minimum Gasteiger partial charge on any atom is -0.357 e. The van der Waals surface area contributed by atoms with Crippen LogP contribution in [-0.2, 0) is 12.8 Å². The zero-order valence-corrected chi connectivity index (χ0v) is 19.9. The smallest absolute Gasteiger partial charge is 0.191 e. The number of nitrogens with one attached hydrogen (secondary N) is 2. The molecule has 1 fully saturated rings. The molecule has 0 aromatic carbocycles. The second-order valence-electron chi connectivity index (χ2n) is 6.68. The molecule has 28 heavy (non-hydrogen) atoms. The molecule has 2 aromatic heterocycles. The highest BCUT2D eigenvalue weighted by molar-refractivity contribution is 14.0. The zero-order valence-electron chi connectivity index (χ0n) is 16.7. The topological polar surface area (TPSA) is 65.4 Å². The van der Waals surface area contributed by atoms with Gasteiger partial charge in [-0.3, -0.25) is 4.99 Å².